The fourth-order valence-electron chi connectivity index (χ4n) is 2.07. The van der Waals surface area contributed by atoms with Crippen LogP contribution in [-0.4, -0.2) is 30.9 Å². The topological polar surface area (TPSA) is 115 Å². The Morgan fingerprint density at radius 1 is 1.52 bits per heavy atom. The predicted molar refractivity (Wildman–Crippen MR) is 78.1 cm³/mol. The lowest BCUT2D eigenvalue weighted by atomic mass is 10.2. The molecule has 116 valence electrons. The van der Waals surface area contributed by atoms with E-state index in [0.717, 1.165) is 24.7 Å². The van der Waals surface area contributed by atoms with Crippen LogP contribution in [0, 0.1) is 15.9 Å². The third kappa shape index (κ3) is 3.63. The molecular weight excluding hydrogens is 321 g/mol. The molecule has 1 heterocycles. The van der Waals surface area contributed by atoms with Crippen LogP contribution < -0.4 is 10.5 Å². The lowest BCUT2D eigenvalue weighted by molar-refractivity contribution is -0.385. The molecule has 21 heavy (non-hydrogen) atoms. The van der Waals surface area contributed by atoms with E-state index in [4.69, 9.17) is 5.73 Å². The summed E-state index contributed by atoms with van der Waals surface area (Å²) in [6.45, 7) is 0.183. The molecule has 0 spiro atoms. The monoisotopic (exact) mass is 335 g/mol. The van der Waals surface area contributed by atoms with E-state index >= 15 is 0 Å². The van der Waals surface area contributed by atoms with Crippen LogP contribution in [0.25, 0.3) is 0 Å². The standard InChI is InChI=1S/C11H14FN3O4S2/c12-9-4-7(15(16)17)5-10(13)11(9)21(18,19)14-6-8-2-1-3-20-8/h4-5,8,14H,1-3,6,13H2. The van der Waals surface area contributed by atoms with E-state index in [1.54, 1.807) is 11.8 Å². The summed E-state index contributed by atoms with van der Waals surface area (Å²) < 4.78 is 40.4. The van der Waals surface area contributed by atoms with Gasteiger partial charge in [0, 0.05) is 17.9 Å². The van der Waals surface area contributed by atoms with Gasteiger partial charge in [-0.15, -0.1) is 0 Å². The van der Waals surface area contributed by atoms with Crippen molar-refractivity contribution in [1.82, 2.24) is 4.72 Å². The fourth-order valence-corrected chi connectivity index (χ4v) is 4.63. The summed E-state index contributed by atoms with van der Waals surface area (Å²) in [6, 6.07) is 1.39. The maximum Gasteiger partial charge on any atom is 0.274 e. The molecule has 1 aromatic carbocycles. The number of non-ortho nitro benzene ring substituents is 1. The molecule has 3 N–H and O–H groups in total. The van der Waals surface area contributed by atoms with Gasteiger partial charge in [0.05, 0.1) is 16.7 Å². The average Bonchev–Trinajstić information content (AvgIpc) is 2.88. The summed E-state index contributed by atoms with van der Waals surface area (Å²) in [7, 11) is -4.14. The van der Waals surface area contributed by atoms with E-state index in [0.29, 0.717) is 6.07 Å². The van der Waals surface area contributed by atoms with Gasteiger partial charge in [-0.05, 0) is 18.6 Å². The Hall–Kier alpha value is -1.39. The molecule has 7 nitrogen and oxygen atoms in total. The summed E-state index contributed by atoms with van der Waals surface area (Å²) >= 11 is 1.65. The highest BCUT2D eigenvalue weighted by Crippen LogP contribution is 2.29. The van der Waals surface area contributed by atoms with Crippen molar-refractivity contribution in [2.45, 2.75) is 23.0 Å². The first kappa shape index (κ1) is 16.0. The fraction of sp³-hybridized carbons (Fsp3) is 0.455. The second-order valence-electron chi connectivity index (χ2n) is 4.59. The number of benzene rings is 1. The van der Waals surface area contributed by atoms with Crippen molar-refractivity contribution in [2.75, 3.05) is 18.0 Å². The van der Waals surface area contributed by atoms with Gasteiger partial charge >= 0.3 is 0 Å². The number of nitro groups is 1. The van der Waals surface area contributed by atoms with Crippen LogP contribution in [0.4, 0.5) is 15.8 Å². The molecule has 0 radical (unpaired) electrons. The van der Waals surface area contributed by atoms with Crippen molar-refractivity contribution in [3.8, 4) is 0 Å². The van der Waals surface area contributed by atoms with Gasteiger partial charge in [-0.2, -0.15) is 11.8 Å². The van der Waals surface area contributed by atoms with E-state index in [1.165, 1.54) is 0 Å². The molecule has 1 aliphatic heterocycles. The molecule has 1 atom stereocenters. The number of rotatable bonds is 5. The van der Waals surface area contributed by atoms with Crippen LogP contribution in [0.2, 0.25) is 0 Å². The summed E-state index contributed by atoms with van der Waals surface area (Å²) in [6.07, 6.45) is 1.91. The number of nitrogens with two attached hydrogens (primary N) is 1. The van der Waals surface area contributed by atoms with Crippen molar-refractivity contribution >= 4 is 33.2 Å². The molecule has 0 aliphatic carbocycles. The van der Waals surface area contributed by atoms with Crippen LogP contribution in [0.15, 0.2) is 17.0 Å². The molecule has 1 saturated heterocycles. The molecule has 0 saturated carbocycles. The van der Waals surface area contributed by atoms with Gasteiger partial charge in [0.1, 0.15) is 4.90 Å². The van der Waals surface area contributed by atoms with Crippen molar-refractivity contribution in [2.24, 2.45) is 0 Å². The average molecular weight is 335 g/mol. The Bertz CT molecular complexity index is 636. The first-order chi connectivity index (χ1) is 9.81. The van der Waals surface area contributed by atoms with Crippen LogP contribution in [-0.2, 0) is 10.0 Å². The molecular formula is C11H14FN3O4S2. The third-order valence-corrected chi connectivity index (χ3v) is 5.97. The van der Waals surface area contributed by atoms with Crippen molar-refractivity contribution in [1.29, 1.82) is 0 Å². The van der Waals surface area contributed by atoms with E-state index in [2.05, 4.69) is 4.72 Å². The number of nitrogens with one attached hydrogen (secondary N) is 1. The van der Waals surface area contributed by atoms with E-state index in [1.807, 2.05) is 0 Å². The number of hydrogen-bond acceptors (Lipinski definition) is 6. The number of sulfonamides is 1. The zero-order valence-electron chi connectivity index (χ0n) is 10.9. The highest BCUT2D eigenvalue weighted by atomic mass is 32.2. The van der Waals surface area contributed by atoms with Gasteiger partial charge < -0.3 is 5.73 Å². The van der Waals surface area contributed by atoms with Crippen LogP contribution in [0.5, 0.6) is 0 Å². The zero-order chi connectivity index (χ0) is 15.6. The summed E-state index contributed by atoms with van der Waals surface area (Å²) in [5, 5.41) is 10.7. The van der Waals surface area contributed by atoms with Crippen molar-refractivity contribution < 1.29 is 17.7 Å². The highest BCUT2D eigenvalue weighted by Gasteiger charge is 2.27. The Morgan fingerprint density at radius 2 is 2.24 bits per heavy atom. The number of anilines is 1. The maximum absolute atomic E-state index is 13.9. The number of hydrogen-bond donors (Lipinski definition) is 2. The zero-order valence-corrected chi connectivity index (χ0v) is 12.5. The molecule has 0 amide bonds. The molecule has 2 rings (SSSR count). The minimum Gasteiger partial charge on any atom is -0.397 e. The van der Waals surface area contributed by atoms with Crippen LogP contribution >= 0.6 is 11.8 Å². The van der Waals surface area contributed by atoms with Crippen LogP contribution in [0.3, 0.4) is 0 Å². The van der Waals surface area contributed by atoms with E-state index in [-0.39, 0.29) is 11.8 Å². The van der Waals surface area contributed by atoms with Gasteiger partial charge in [-0.3, -0.25) is 10.1 Å². The Balaban J connectivity index is 2.24. The maximum atomic E-state index is 13.9. The van der Waals surface area contributed by atoms with Gasteiger partial charge in [-0.25, -0.2) is 17.5 Å². The van der Waals surface area contributed by atoms with Crippen LogP contribution in [0.1, 0.15) is 12.8 Å². The number of nitro benzene ring substituents is 1. The Morgan fingerprint density at radius 3 is 2.76 bits per heavy atom. The first-order valence-electron chi connectivity index (χ1n) is 6.16. The summed E-state index contributed by atoms with van der Waals surface area (Å²) in [5.41, 5.74) is 4.39. The number of nitrogens with zero attached hydrogens (tertiary/aromatic N) is 1. The highest BCUT2D eigenvalue weighted by molar-refractivity contribution is 8.00. The minimum absolute atomic E-state index is 0.155. The second-order valence-corrected chi connectivity index (χ2v) is 7.70. The second kappa shape index (κ2) is 6.16. The van der Waals surface area contributed by atoms with Crippen molar-refractivity contribution in [3.63, 3.8) is 0 Å². The molecule has 1 unspecified atom stereocenters. The molecule has 1 aliphatic rings. The summed E-state index contributed by atoms with van der Waals surface area (Å²) in [5.74, 6) is -0.256. The third-order valence-electron chi connectivity index (χ3n) is 3.06. The Labute approximate surface area is 125 Å². The van der Waals surface area contributed by atoms with Crippen molar-refractivity contribution in [3.05, 3.63) is 28.1 Å². The number of thioether (sulfide) groups is 1. The van der Waals surface area contributed by atoms with Gasteiger partial charge in [0.25, 0.3) is 5.69 Å². The largest absolute Gasteiger partial charge is 0.397 e. The predicted octanol–water partition coefficient (Wildman–Crippen LogP) is 1.49. The van der Waals surface area contributed by atoms with Gasteiger partial charge in [-0.1, -0.05) is 0 Å². The number of halogens is 1. The quantitative estimate of drug-likeness (QED) is 0.478. The summed E-state index contributed by atoms with van der Waals surface area (Å²) in [4.78, 5) is 9.01. The lowest BCUT2D eigenvalue weighted by Crippen LogP contribution is -2.31. The lowest BCUT2D eigenvalue weighted by Gasteiger charge is -2.12. The first-order valence-corrected chi connectivity index (χ1v) is 8.69. The molecule has 0 bridgehead atoms. The van der Waals surface area contributed by atoms with Gasteiger partial charge in [0.15, 0.2) is 5.82 Å². The number of nitrogen functional groups attached to an aromatic ring is 1. The SMILES string of the molecule is Nc1cc([N+](=O)[O-])cc(F)c1S(=O)(=O)NCC1CCCS1. The molecule has 1 fully saturated rings. The van der Waals surface area contributed by atoms with E-state index < -0.39 is 37.0 Å². The molecule has 10 heteroatoms. The molecule has 0 aromatic heterocycles. The smallest absolute Gasteiger partial charge is 0.274 e. The Kier molecular flexibility index (Phi) is 4.69. The van der Waals surface area contributed by atoms with Gasteiger partial charge in [0.2, 0.25) is 10.0 Å². The minimum atomic E-state index is -4.14. The normalized spacial score (nSPS) is 18.8. The molecule has 1 aromatic rings. The van der Waals surface area contributed by atoms with E-state index in [9.17, 15) is 22.9 Å².